The van der Waals surface area contributed by atoms with Crippen molar-refractivity contribution < 1.29 is 13.7 Å². The van der Waals surface area contributed by atoms with Gasteiger partial charge in [-0.25, -0.2) is 19.2 Å². The summed E-state index contributed by atoms with van der Waals surface area (Å²) in [6.45, 7) is 6.99. The Kier molecular flexibility index (Phi) is 5.66. The summed E-state index contributed by atoms with van der Waals surface area (Å²) in [5.41, 5.74) is 2.41. The molecular formula is C22H26N6O3S. The van der Waals surface area contributed by atoms with E-state index in [9.17, 15) is 4.21 Å². The van der Waals surface area contributed by atoms with E-state index in [0.717, 1.165) is 35.1 Å². The molecule has 1 atom stereocenters. The van der Waals surface area contributed by atoms with Gasteiger partial charge in [0.1, 0.15) is 11.5 Å². The van der Waals surface area contributed by atoms with Crippen molar-refractivity contribution in [3.05, 3.63) is 42.9 Å². The number of H-pyrrole nitrogens is 1. The van der Waals surface area contributed by atoms with Crippen LogP contribution < -0.4 is 4.90 Å². The first-order chi connectivity index (χ1) is 15.5. The van der Waals surface area contributed by atoms with Crippen LogP contribution in [0.2, 0.25) is 0 Å². The van der Waals surface area contributed by atoms with Gasteiger partial charge in [0.15, 0.2) is 11.6 Å². The Morgan fingerprint density at radius 2 is 2.06 bits per heavy atom. The number of fused-ring (bicyclic) bond motifs is 1. The molecule has 0 aromatic carbocycles. The van der Waals surface area contributed by atoms with Crippen LogP contribution in [0.4, 0.5) is 11.6 Å². The van der Waals surface area contributed by atoms with E-state index in [-0.39, 0.29) is 5.25 Å². The molecule has 5 rings (SSSR count). The van der Waals surface area contributed by atoms with Crippen molar-refractivity contribution >= 4 is 32.4 Å². The van der Waals surface area contributed by atoms with E-state index >= 15 is 0 Å². The maximum absolute atomic E-state index is 13.5. The Balaban J connectivity index is 1.65. The first-order valence-corrected chi connectivity index (χ1v) is 12.6. The standard InChI is InChI=1S/C22H26N6O3S/c1-15-14-31-12-9-28(15)20-13-19(27-32(2,29)16-5-10-30-11-6-16)25-22(26-20)18-4-8-24-21-17(18)3-7-23-21/h3-4,7-8,13,16H,1,5-6,9-12,14H2,2H3,(H,23,24). The van der Waals surface area contributed by atoms with E-state index in [0.29, 0.717) is 50.4 Å². The molecule has 5 heterocycles. The molecule has 0 amide bonds. The summed E-state index contributed by atoms with van der Waals surface area (Å²) >= 11 is 0. The zero-order chi connectivity index (χ0) is 22.1. The molecule has 2 aliphatic rings. The fraction of sp³-hybridized carbons (Fsp3) is 0.409. The predicted octanol–water partition coefficient (Wildman–Crippen LogP) is 3.28. The quantitative estimate of drug-likeness (QED) is 0.645. The molecule has 2 saturated heterocycles. The Morgan fingerprint density at radius 3 is 2.88 bits per heavy atom. The average molecular weight is 455 g/mol. The summed E-state index contributed by atoms with van der Waals surface area (Å²) in [5.74, 6) is 1.59. The largest absolute Gasteiger partial charge is 0.381 e. The molecule has 168 valence electrons. The number of aromatic nitrogens is 4. The van der Waals surface area contributed by atoms with E-state index in [1.807, 2.05) is 23.2 Å². The van der Waals surface area contributed by atoms with E-state index < -0.39 is 9.73 Å². The fourth-order valence-electron chi connectivity index (χ4n) is 4.12. The lowest BCUT2D eigenvalue weighted by Crippen LogP contribution is -2.34. The molecule has 10 heteroatoms. The number of hydrogen-bond donors (Lipinski definition) is 1. The lowest BCUT2D eigenvalue weighted by atomic mass is 10.1. The van der Waals surface area contributed by atoms with Crippen molar-refractivity contribution in [2.75, 3.05) is 44.1 Å². The third-order valence-electron chi connectivity index (χ3n) is 5.85. The number of nitrogens with one attached hydrogen (secondary N) is 1. The molecule has 3 aromatic rings. The minimum absolute atomic E-state index is 0.0197. The summed E-state index contributed by atoms with van der Waals surface area (Å²) in [6, 6.07) is 5.62. The van der Waals surface area contributed by atoms with Crippen molar-refractivity contribution in [1.82, 2.24) is 19.9 Å². The van der Waals surface area contributed by atoms with Crippen LogP contribution in [0.25, 0.3) is 22.4 Å². The molecular weight excluding hydrogens is 428 g/mol. The highest BCUT2D eigenvalue weighted by atomic mass is 32.2. The van der Waals surface area contributed by atoms with Gasteiger partial charge < -0.3 is 19.4 Å². The fourth-order valence-corrected chi connectivity index (χ4v) is 5.80. The minimum atomic E-state index is -2.51. The van der Waals surface area contributed by atoms with Crippen LogP contribution in [-0.2, 0) is 19.2 Å². The highest BCUT2D eigenvalue weighted by Gasteiger charge is 2.24. The maximum Gasteiger partial charge on any atom is 0.167 e. The zero-order valence-electron chi connectivity index (χ0n) is 18.0. The summed E-state index contributed by atoms with van der Waals surface area (Å²) in [5, 5.41) is 0.895. The second kappa shape index (κ2) is 8.61. The molecule has 0 saturated carbocycles. The molecule has 2 fully saturated rings. The summed E-state index contributed by atoms with van der Waals surface area (Å²) in [7, 11) is -2.51. The third-order valence-corrected chi connectivity index (χ3v) is 8.11. The van der Waals surface area contributed by atoms with Gasteiger partial charge >= 0.3 is 0 Å². The van der Waals surface area contributed by atoms with Crippen LogP contribution in [0.3, 0.4) is 0 Å². The Labute approximate surface area is 187 Å². The Hall–Kier alpha value is -2.82. The second-order valence-corrected chi connectivity index (χ2v) is 10.6. The highest BCUT2D eigenvalue weighted by Crippen LogP contribution is 2.31. The molecule has 0 spiro atoms. The average Bonchev–Trinajstić information content (AvgIpc) is 3.28. The molecule has 3 aromatic heterocycles. The maximum atomic E-state index is 13.5. The van der Waals surface area contributed by atoms with Crippen LogP contribution in [-0.4, -0.2) is 68.6 Å². The smallest absolute Gasteiger partial charge is 0.167 e. The molecule has 0 aliphatic carbocycles. The lowest BCUT2D eigenvalue weighted by Gasteiger charge is -2.30. The van der Waals surface area contributed by atoms with Crippen LogP contribution in [0.1, 0.15) is 12.8 Å². The second-order valence-electron chi connectivity index (χ2n) is 8.04. The summed E-state index contributed by atoms with van der Waals surface area (Å²) in [6.07, 6.45) is 6.75. The van der Waals surface area contributed by atoms with Crippen molar-refractivity contribution in [3.63, 3.8) is 0 Å². The van der Waals surface area contributed by atoms with E-state index in [1.54, 1.807) is 18.5 Å². The van der Waals surface area contributed by atoms with Gasteiger partial charge in [-0.15, -0.1) is 0 Å². The van der Waals surface area contributed by atoms with E-state index in [1.165, 1.54) is 0 Å². The molecule has 0 radical (unpaired) electrons. The Morgan fingerprint density at radius 1 is 1.22 bits per heavy atom. The lowest BCUT2D eigenvalue weighted by molar-refractivity contribution is 0.0990. The van der Waals surface area contributed by atoms with Crippen molar-refractivity contribution in [1.29, 1.82) is 0 Å². The monoisotopic (exact) mass is 454 g/mol. The molecule has 2 aliphatic heterocycles. The Bertz CT molecular complexity index is 1270. The normalized spacial score (nSPS) is 19.8. The third kappa shape index (κ3) is 4.13. The SMILES string of the molecule is C=C1COCCN1c1cc(N=S(C)(=O)C2CCOCC2)nc(-c2ccnc3[nH]ccc23)n1. The van der Waals surface area contributed by atoms with E-state index in [2.05, 4.69) is 20.9 Å². The molecule has 9 nitrogen and oxygen atoms in total. The summed E-state index contributed by atoms with van der Waals surface area (Å²) in [4.78, 5) is 19.0. The molecule has 1 N–H and O–H groups in total. The number of pyridine rings is 1. The van der Waals surface area contributed by atoms with Gasteiger partial charge in [0, 0.05) is 66.4 Å². The topological polar surface area (TPSA) is 106 Å². The van der Waals surface area contributed by atoms with Crippen molar-refractivity contribution in [2.45, 2.75) is 18.1 Å². The number of rotatable bonds is 4. The van der Waals surface area contributed by atoms with E-state index in [4.69, 9.17) is 19.4 Å². The number of morpholine rings is 1. The van der Waals surface area contributed by atoms with Gasteiger partial charge in [0.25, 0.3) is 0 Å². The van der Waals surface area contributed by atoms with Crippen molar-refractivity contribution in [3.8, 4) is 11.4 Å². The first kappa shape index (κ1) is 21.0. The first-order valence-electron chi connectivity index (χ1n) is 10.6. The zero-order valence-corrected chi connectivity index (χ0v) is 18.8. The molecule has 1 unspecified atom stereocenters. The number of aromatic amines is 1. The number of anilines is 1. The minimum Gasteiger partial charge on any atom is -0.381 e. The van der Waals surface area contributed by atoms with Gasteiger partial charge in [-0.05, 0) is 25.0 Å². The molecule has 32 heavy (non-hydrogen) atoms. The molecule has 0 bridgehead atoms. The van der Waals surface area contributed by atoms with Gasteiger partial charge in [-0.1, -0.05) is 6.58 Å². The predicted molar refractivity (Wildman–Crippen MR) is 124 cm³/mol. The van der Waals surface area contributed by atoms with Crippen LogP contribution in [0.5, 0.6) is 0 Å². The van der Waals surface area contributed by atoms with Gasteiger partial charge in [-0.3, -0.25) is 0 Å². The van der Waals surface area contributed by atoms with Crippen LogP contribution in [0, 0.1) is 0 Å². The van der Waals surface area contributed by atoms with Crippen LogP contribution >= 0.6 is 0 Å². The van der Waals surface area contributed by atoms with Gasteiger partial charge in [-0.2, -0.15) is 4.36 Å². The van der Waals surface area contributed by atoms with Crippen LogP contribution in [0.15, 0.2) is 47.2 Å². The highest BCUT2D eigenvalue weighted by molar-refractivity contribution is 7.93. The van der Waals surface area contributed by atoms with Gasteiger partial charge in [0.2, 0.25) is 0 Å². The number of nitrogens with zero attached hydrogens (tertiary/aromatic N) is 5. The van der Waals surface area contributed by atoms with Crippen molar-refractivity contribution in [2.24, 2.45) is 4.36 Å². The number of hydrogen-bond acceptors (Lipinski definition) is 8. The van der Waals surface area contributed by atoms with Gasteiger partial charge in [0.05, 0.1) is 22.9 Å². The summed E-state index contributed by atoms with van der Waals surface area (Å²) < 4.78 is 29.1. The number of ether oxygens (including phenoxy) is 2.